The molecule has 2 aromatic heterocycles. The standard InChI is InChI=1S/C14H14N2O3S2/c1-10-16-12-5-4-11(9-13(12)19-10)6-7-15-21(17,18)14-3-2-8-20-14/h2-5,8-9,15H,6-7H2,1H3. The first-order valence-corrected chi connectivity index (χ1v) is 8.80. The lowest BCUT2D eigenvalue weighted by Gasteiger charge is -2.04. The third kappa shape index (κ3) is 3.15. The van der Waals surface area contributed by atoms with Crippen LogP contribution >= 0.6 is 11.3 Å². The quantitative estimate of drug-likeness (QED) is 0.784. The molecule has 3 rings (SSSR count). The van der Waals surface area contributed by atoms with E-state index in [1.807, 2.05) is 18.2 Å². The van der Waals surface area contributed by atoms with E-state index in [2.05, 4.69) is 9.71 Å². The van der Waals surface area contributed by atoms with Crippen molar-refractivity contribution in [2.45, 2.75) is 17.6 Å². The van der Waals surface area contributed by atoms with Crippen LogP contribution in [0.25, 0.3) is 11.1 Å². The summed E-state index contributed by atoms with van der Waals surface area (Å²) in [7, 11) is -3.39. The van der Waals surface area contributed by atoms with Crippen molar-refractivity contribution in [3.05, 3.63) is 47.2 Å². The number of thiophene rings is 1. The number of hydrogen-bond donors (Lipinski definition) is 1. The number of fused-ring (bicyclic) bond motifs is 1. The van der Waals surface area contributed by atoms with Gasteiger partial charge in [-0.25, -0.2) is 18.1 Å². The van der Waals surface area contributed by atoms with E-state index in [-0.39, 0.29) is 0 Å². The Morgan fingerprint density at radius 2 is 2.19 bits per heavy atom. The third-order valence-electron chi connectivity index (χ3n) is 3.03. The number of hydrogen-bond acceptors (Lipinski definition) is 5. The van der Waals surface area contributed by atoms with Crippen LogP contribution in [0, 0.1) is 6.92 Å². The topological polar surface area (TPSA) is 72.2 Å². The van der Waals surface area contributed by atoms with Gasteiger partial charge in [-0.05, 0) is 35.6 Å². The first-order chi connectivity index (χ1) is 10.0. The van der Waals surface area contributed by atoms with E-state index in [4.69, 9.17) is 4.42 Å². The number of nitrogens with zero attached hydrogens (tertiary/aromatic N) is 1. The van der Waals surface area contributed by atoms with E-state index in [0.717, 1.165) is 16.7 Å². The average Bonchev–Trinajstić information content (AvgIpc) is 3.06. The molecule has 21 heavy (non-hydrogen) atoms. The van der Waals surface area contributed by atoms with E-state index in [9.17, 15) is 8.42 Å². The van der Waals surface area contributed by atoms with Gasteiger partial charge in [-0.3, -0.25) is 0 Å². The Kier molecular flexibility index (Phi) is 3.79. The Morgan fingerprint density at radius 1 is 1.33 bits per heavy atom. The fraction of sp³-hybridized carbons (Fsp3) is 0.214. The van der Waals surface area contributed by atoms with Crippen molar-refractivity contribution in [3.8, 4) is 0 Å². The number of benzene rings is 1. The molecule has 3 aromatic rings. The molecule has 1 N–H and O–H groups in total. The highest BCUT2D eigenvalue weighted by atomic mass is 32.2. The first-order valence-electron chi connectivity index (χ1n) is 6.44. The van der Waals surface area contributed by atoms with Crippen molar-refractivity contribution in [1.29, 1.82) is 0 Å². The lowest BCUT2D eigenvalue weighted by molar-refractivity contribution is 0.560. The fourth-order valence-electron chi connectivity index (χ4n) is 2.06. The highest BCUT2D eigenvalue weighted by Crippen LogP contribution is 2.18. The van der Waals surface area contributed by atoms with Crippen molar-refractivity contribution >= 4 is 32.5 Å². The molecule has 0 amide bonds. The van der Waals surface area contributed by atoms with Gasteiger partial charge in [0.2, 0.25) is 10.0 Å². The summed E-state index contributed by atoms with van der Waals surface area (Å²) in [4.78, 5) is 4.23. The van der Waals surface area contributed by atoms with Gasteiger partial charge in [-0.1, -0.05) is 12.1 Å². The summed E-state index contributed by atoms with van der Waals surface area (Å²) in [5, 5.41) is 1.74. The molecule has 0 fully saturated rings. The van der Waals surface area contributed by atoms with Crippen LogP contribution in [0.3, 0.4) is 0 Å². The van der Waals surface area contributed by atoms with Crippen LogP contribution in [-0.2, 0) is 16.4 Å². The van der Waals surface area contributed by atoms with Crippen LogP contribution in [0.5, 0.6) is 0 Å². The minimum Gasteiger partial charge on any atom is -0.441 e. The summed E-state index contributed by atoms with van der Waals surface area (Å²) in [6, 6.07) is 9.03. The van der Waals surface area contributed by atoms with Gasteiger partial charge in [0, 0.05) is 13.5 Å². The summed E-state index contributed by atoms with van der Waals surface area (Å²) in [6.45, 7) is 2.15. The van der Waals surface area contributed by atoms with Crippen molar-refractivity contribution in [1.82, 2.24) is 9.71 Å². The summed E-state index contributed by atoms with van der Waals surface area (Å²) in [6.07, 6.45) is 0.598. The van der Waals surface area contributed by atoms with E-state index in [0.29, 0.717) is 23.1 Å². The average molecular weight is 322 g/mol. The van der Waals surface area contributed by atoms with E-state index in [1.54, 1.807) is 24.4 Å². The maximum absolute atomic E-state index is 12.0. The van der Waals surface area contributed by atoms with Gasteiger partial charge in [0.05, 0.1) is 0 Å². The maximum Gasteiger partial charge on any atom is 0.250 e. The van der Waals surface area contributed by atoms with Crippen molar-refractivity contribution in [3.63, 3.8) is 0 Å². The van der Waals surface area contributed by atoms with Crippen LogP contribution in [0.2, 0.25) is 0 Å². The molecule has 7 heteroatoms. The Morgan fingerprint density at radius 3 is 2.95 bits per heavy atom. The van der Waals surface area contributed by atoms with Crippen LogP contribution in [0.4, 0.5) is 0 Å². The number of aromatic nitrogens is 1. The lowest BCUT2D eigenvalue weighted by atomic mass is 10.1. The maximum atomic E-state index is 12.0. The van der Waals surface area contributed by atoms with Crippen LogP contribution in [0.15, 0.2) is 44.3 Å². The van der Waals surface area contributed by atoms with E-state index in [1.165, 1.54) is 11.3 Å². The molecule has 0 unspecified atom stereocenters. The molecule has 5 nitrogen and oxygen atoms in total. The minimum atomic E-state index is -3.39. The summed E-state index contributed by atoms with van der Waals surface area (Å²) < 4.78 is 32.3. The molecular formula is C14H14N2O3S2. The molecule has 0 aliphatic rings. The van der Waals surface area contributed by atoms with Crippen molar-refractivity contribution < 1.29 is 12.8 Å². The molecule has 0 spiro atoms. The molecule has 0 saturated heterocycles. The SMILES string of the molecule is Cc1nc2ccc(CCNS(=O)(=O)c3cccs3)cc2o1. The van der Waals surface area contributed by atoms with Crippen molar-refractivity contribution in [2.24, 2.45) is 0 Å². The zero-order chi connectivity index (χ0) is 14.9. The molecule has 0 aliphatic heterocycles. The second kappa shape index (κ2) is 5.59. The molecule has 0 bridgehead atoms. The van der Waals surface area contributed by atoms with Gasteiger partial charge >= 0.3 is 0 Å². The molecule has 0 saturated carbocycles. The van der Waals surface area contributed by atoms with Crippen LogP contribution < -0.4 is 4.72 Å². The monoisotopic (exact) mass is 322 g/mol. The van der Waals surface area contributed by atoms with Gasteiger partial charge in [-0.15, -0.1) is 11.3 Å². The van der Waals surface area contributed by atoms with Gasteiger partial charge < -0.3 is 4.42 Å². The molecule has 0 atom stereocenters. The molecule has 1 aromatic carbocycles. The van der Waals surface area contributed by atoms with E-state index < -0.39 is 10.0 Å². The predicted octanol–water partition coefficient (Wildman–Crippen LogP) is 2.72. The highest BCUT2D eigenvalue weighted by Gasteiger charge is 2.14. The first kappa shape index (κ1) is 14.2. The van der Waals surface area contributed by atoms with Gasteiger partial charge in [0.15, 0.2) is 11.5 Å². The molecular weight excluding hydrogens is 308 g/mol. The molecule has 2 heterocycles. The van der Waals surface area contributed by atoms with E-state index >= 15 is 0 Å². The highest BCUT2D eigenvalue weighted by molar-refractivity contribution is 7.91. The fourth-order valence-corrected chi connectivity index (χ4v) is 4.13. The Labute approximate surface area is 126 Å². The molecule has 0 radical (unpaired) electrons. The van der Waals surface area contributed by atoms with Gasteiger partial charge in [0.25, 0.3) is 0 Å². The normalized spacial score (nSPS) is 12.0. The van der Waals surface area contributed by atoms with Gasteiger partial charge in [-0.2, -0.15) is 0 Å². The summed E-state index contributed by atoms with van der Waals surface area (Å²) >= 11 is 1.21. The zero-order valence-electron chi connectivity index (χ0n) is 11.4. The number of oxazole rings is 1. The number of nitrogens with one attached hydrogen (secondary N) is 1. The predicted molar refractivity (Wildman–Crippen MR) is 82.0 cm³/mol. The smallest absolute Gasteiger partial charge is 0.250 e. The molecule has 0 aliphatic carbocycles. The van der Waals surface area contributed by atoms with Gasteiger partial charge in [0.1, 0.15) is 9.73 Å². The second-order valence-electron chi connectivity index (χ2n) is 4.61. The summed E-state index contributed by atoms with van der Waals surface area (Å²) in [5.74, 6) is 0.626. The van der Waals surface area contributed by atoms with Crippen LogP contribution in [0.1, 0.15) is 11.5 Å². The van der Waals surface area contributed by atoms with Crippen LogP contribution in [-0.4, -0.2) is 19.9 Å². The largest absolute Gasteiger partial charge is 0.441 e. The number of rotatable bonds is 5. The minimum absolute atomic E-state index is 0.337. The summed E-state index contributed by atoms with van der Waals surface area (Å²) in [5.41, 5.74) is 2.55. The Hall–Kier alpha value is -1.70. The molecule has 110 valence electrons. The Bertz CT molecular complexity index is 852. The number of sulfonamides is 1. The lowest BCUT2D eigenvalue weighted by Crippen LogP contribution is -2.25. The zero-order valence-corrected chi connectivity index (χ0v) is 13.0. The third-order valence-corrected chi connectivity index (χ3v) is 5.88. The van der Waals surface area contributed by atoms with Crippen molar-refractivity contribution in [2.75, 3.05) is 6.54 Å². The Balaban J connectivity index is 1.66. The number of aryl methyl sites for hydroxylation is 1. The second-order valence-corrected chi connectivity index (χ2v) is 7.56.